The molecule has 5 nitrogen and oxygen atoms in total. The van der Waals surface area contributed by atoms with Gasteiger partial charge in [0, 0.05) is 26.0 Å². The molecule has 1 amide bonds. The second-order valence-corrected chi connectivity index (χ2v) is 6.59. The molecule has 0 spiro atoms. The van der Waals surface area contributed by atoms with Crippen LogP contribution in [-0.2, 0) is 6.54 Å². The maximum atomic E-state index is 12.8. The first-order valence-electron chi connectivity index (χ1n) is 7.61. The van der Waals surface area contributed by atoms with Crippen molar-refractivity contribution in [3.63, 3.8) is 0 Å². The maximum Gasteiger partial charge on any atom is 0.265 e. The molecule has 0 bridgehead atoms. The van der Waals surface area contributed by atoms with Crippen molar-refractivity contribution in [2.75, 3.05) is 7.05 Å². The molecule has 2 heterocycles. The highest BCUT2D eigenvalue weighted by molar-refractivity contribution is 7.17. The van der Waals surface area contributed by atoms with Gasteiger partial charge in [-0.1, -0.05) is 24.3 Å². The fraction of sp³-hybridized carbons (Fsp3) is 0.222. The van der Waals surface area contributed by atoms with Gasteiger partial charge >= 0.3 is 0 Å². The lowest BCUT2D eigenvalue weighted by molar-refractivity contribution is 0.0789. The normalized spacial score (nSPS) is 10.6. The summed E-state index contributed by atoms with van der Waals surface area (Å²) in [6.07, 6.45) is 3.34. The van der Waals surface area contributed by atoms with Crippen LogP contribution < -0.4 is 0 Å². The van der Waals surface area contributed by atoms with Crippen LogP contribution in [0.15, 0.2) is 42.7 Å². The van der Waals surface area contributed by atoms with Gasteiger partial charge in [-0.2, -0.15) is 0 Å². The van der Waals surface area contributed by atoms with E-state index in [1.165, 1.54) is 16.9 Å². The van der Waals surface area contributed by atoms with Crippen molar-refractivity contribution >= 4 is 17.2 Å². The van der Waals surface area contributed by atoms with Crippen LogP contribution in [0.3, 0.4) is 0 Å². The van der Waals surface area contributed by atoms with Crippen molar-refractivity contribution in [2.24, 2.45) is 0 Å². The molecule has 0 aliphatic carbocycles. The van der Waals surface area contributed by atoms with Crippen molar-refractivity contribution in [1.29, 1.82) is 0 Å². The highest BCUT2D eigenvalue weighted by Crippen LogP contribution is 2.26. The highest BCUT2D eigenvalue weighted by atomic mass is 32.1. The molecule has 0 atom stereocenters. The van der Waals surface area contributed by atoms with Crippen molar-refractivity contribution in [1.82, 2.24) is 19.9 Å². The SMILES string of the molecule is Cc1ccccc1CN(C)C(=O)c1sc(-c2ncccn2)nc1C. The van der Waals surface area contributed by atoms with Crippen LogP contribution in [0, 0.1) is 13.8 Å². The van der Waals surface area contributed by atoms with Crippen molar-refractivity contribution < 1.29 is 4.79 Å². The minimum absolute atomic E-state index is 0.0320. The Kier molecular flexibility index (Phi) is 4.66. The van der Waals surface area contributed by atoms with E-state index in [0.717, 1.165) is 5.56 Å². The van der Waals surface area contributed by atoms with Crippen molar-refractivity contribution in [3.8, 4) is 10.8 Å². The van der Waals surface area contributed by atoms with Gasteiger partial charge < -0.3 is 4.90 Å². The molecule has 0 fully saturated rings. The smallest absolute Gasteiger partial charge is 0.265 e. The minimum Gasteiger partial charge on any atom is -0.337 e. The van der Waals surface area contributed by atoms with E-state index in [1.54, 1.807) is 23.4 Å². The zero-order chi connectivity index (χ0) is 17.1. The molecule has 0 saturated carbocycles. The summed E-state index contributed by atoms with van der Waals surface area (Å²) in [5.41, 5.74) is 3.03. The number of aromatic nitrogens is 3. The molecule has 6 heteroatoms. The average Bonchev–Trinajstić information content (AvgIpc) is 2.99. The largest absolute Gasteiger partial charge is 0.337 e. The van der Waals surface area contributed by atoms with E-state index in [4.69, 9.17) is 0 Å². The first-order valence-corrected chi connectivity index (χ1v) is 8.42. The van der Waals surface area contributed by atoms with Gasteiger partial charge in [0.05, 0.1) is 5.69 Å². The monoisotopic (exact) mass is 338 g/mol. The predicted octanol–water partition coefficient (Wildman–Crippen LogP) is 3.49. The van der Waals surface area contributed by atoms with E-state index < -0.39 is 0 Å². The number of benzene rings is 1. The van der Waals surface area contributed by atoms with Gasteiger partial charge in [-0.25, -0.2) is 15.0 Å². The van der Waals surface area contributed by atoms with Gasteiger partial charge in [-0.3, -0.25) is 4.79 Å². The van der Waals surface area contributed by atoms with Crippen LogP contribution in [0.4, 0.5) is 0 Å². The number of hydrogen-bond donors (Lipinski definition) is 0. The summed E-state index contributed by atoms with van der Waals surface area (Å²) in [4.78, 5) is 28.0. The van der Waals surface area contributed by atoms with E-state index in [2.05, 4.69) is 27.9 Å². The zero-order valence-corrected chi connectivity index (χ0v) is 14.7. The molecule has 0 N–H and O–H groups in total. The Labute approximate surface area is 145 Å². The minimum atomic E-state index is -0.0320. The lowest BCUT2D eigenvalue weighted by Crippen LogP contribution is -2.26. The van der Waals surface area contributed by atoms with Crippen LogP contribution in [0.2, 0.25) is 0 Å². The molecule has 3 aromatic rings. The number of rotatable bonds is 4. The number of hydrogen-bond acceptors (Lipinski definition) is 5. The Hall–Kier alpha value is -2.60. The lowest BCUT2D eigenvalue weighted by atomic mass is 10.1. The third kappa shape index (κ3) is 3.33. The van der Waals surface area contributed by atoms with Crippen molar-refractivity contribution in [2.45, 2.75) is 20.4 Å². The topological polar surface area (TPSA) is 59.0 Å². The van der Waals surface area contributed by atoms with Crippen molar-refractivity contribution in [3.05, 3.63) is 64.4 Å². The number of nitrogens with zero attached hydrogens (tertiary/aromatic N) is 4. The van der Waals surface area contributed by atoms with E-state index in [9.17, 15) is 4.79 Å². The summed E-state index contributed by atoms with van der Waals surface area (Å²) >= 11 is 1.34. The van der Waals surface area contributed by atoms with E-state index in [-0.39, 0.29) is 5.91 Å². The molecule has 0 aliphatic rings. The van der Waals surface area contributed by atoms with Gasteiger partial charge in [0.1, 0.15) is 4.88 Å². The van der Waals surface area contributed by atoms with Gasteiger partial charge in [-0.15, -0.1) is 11.3 Å². The Morgan fingerprint density at radius 1 is 1.12 bits per heavy atom. The van der Waals surface area contributed by atoms with E-state index >= 15 is 0 Å². The zero-order valence-electron chi connectivity index (χ0n) is 13.9. The molecule has 122 valence electrons. The lowest BCUT2D eigenvalue weighted by Gasteiger charge is -2.18. The molecule has 0 saturated heterocycles. The Morgan fingerprint density at radius 3 is 2.54 bits per heavy atom. The third-order valence-corrected chi connectivity index (χ3v) is 4.90. The summed E-state index contributed by atoms with van der Waals surface area (Å²) in [7, 11) is 1.81. The Balaban J connectivity index is 1.82. The van der Waals surface area contributed by atoms with Gasteiger partial charge in [0.2, 0.25) is 0 Å². The fourth-order valence-corrected chi connectivity index (χ4v) is 3.40. The second-order valence-electron chi connectivity index (χ2n) is 5.59. The highest BCUT2D eigenvalue weighted by Gasteiger charge is 2.20. The molecule has 3 rings (SSSR count). The number of carbonyl (C=O) groups excluding carboxylic acids is 1. The number of thiazole rings is 1. The standard InChI is InChI=1S/C18H18N4OS/c1-12-7-4-5-8-14(12)11-22(3)18(23)15-13(2)21-17(24-15)16-19-9-6-10-20-16/h4-10H,11H2,1-3H3. The van der Waals surface area contributed by atoms with E-state index in [1.807, 2.05) is 32.2 Å². The molecule has 0 radical (unpaired) electrons. The average molecular weight is 338 g/mol. The summed E-state index contributed by atoms with van der Waals surface area (Å²) in [5.74, 6) is 0.515. The first kappa shape index (κ1) is 16.3. The van der Waals surface area contributed by atoms with Gasteiger partial charge in [0.25, 0.3) is 5.91 Å². The van der Waals surface area contributed by atoms with Gasteiger partial charge in [0.15, 0.2) is 10.8 Å². The number of aryl methyl sites for hydroxylation is 2. The molecule has 1 aromatic carbocycles. The Morgan fingerprint density at radius 2 is 1.83 bits per heavy atom. The van der Waals surface area contributed by atoms with E-state index in [0.29, 0.717) is 27.9 Å². The van der Waals surface area contributed by atoms with Crippen LogP contribution in [0.5, 0.6) is 0 Å². The molecule has 0 aliphatic heterocycles. The number of carbonyl (C=O) groups is 1. The molecular formula is C18H18N4OS. The summed E-state index contributed by atoms with van der Waals surface area (Å²) in [6, 6.07) is 9.84. The number of amides is 1. The fourth-order valence-electron chi connectivity index (χ4n) is 2.39. The van der Waals surface area contributed by atoms with Crippen LogP contribution in [-0.4, -0.2) is 32.8 Å². The Bertz CT molecular complexity index is 860. The molecular weight excluding hydrogens is 320 g/mol. The predicted molar refractivity (Wildman–Crippen MR) is 94.9 cm³/mol. The summed E-state index contributed by atoms with van der Waals surface area (Å²) < 4.78 is 0. The maximum absolute atomic E-state index is 12.8. The summed E-state index contributed by atoms with van der Waals surface area (Å²) in [5, 5.41) is 0.667. The van der Waals surface area contributed by atoms with Crippen LogP contribution in [0.25, 0.3) is 10.8 Å². The molecule has 2 aromatic heterocycles. The third-order valence-electron chi connectivity index (χ3n) is 3.76. The van der Waals surface area contributed by atoms with Crippen LogP contribution >= 0.6 is 11.3 Å². The van der Waals surface area contributed by atoms with Gasteiger partial charge in [-0.05, 0) is 31.0 Å². The van der Waals surface area contributed by atoms with Crippen LogP contribution in [0.1, 0.15) is 26.5 Å². The first-order chi connectivity index (χ1) is 11.6. The molecule has 0 unspecified atom stereocenters. The quantitative estimate of drug-likeness (QED) is 0.731. The second kappa shape index (κ2) is 6.88. The molecule has 24 heavy (non-hydrogen) atoms. The summed E-state index contributed by atoms with van der Waals surface area (Å²) in [6.45, 7) is 4.47.